The van der Waals surface area contributed by atoms with Gasteiger partial charge in [-0.25, -0.2) is 17.2 Å². The molecule has 1 rings (SSSR count). The van der Waals surface area contributed by atoms with Crippen LogP contribution in [0.5, 0.6) is 0 Å². The Hall–Kier alpha value is -0.680. The van der Waals surface area contributed by atoms with Crippen LogP contribution in [0.3, 0.4) is 0 Å². The van der Waals surface area contributed by atoms with E-state index in [9.17, 15) is 17.2 Å². The fourth-order valence-electron chi connectivity index (χ4n) is 0.788. The first-order valence-electron chi connectivity index (χ1n) is 3.17. The summed E-state index contributed by atoms with van der Waals surface area (Å²) in [6.45, 7) is 0. The molecule has 1 aromatic carbocycles. The molecule has 13 heavy (non-hydrogen) atoms. The van der Waals surface area contributed by atoms with Gasteiger partial charge in [-0.3, -0.25) is 0 Å². The molecule has 0 aliphatic carbocycles. The number of hydrogen-bond acceptors (Lipinski definition) is 2. The Balaban J connectivity index is 3.50. The molecule has 1 aromatic rings. The molecule has 0 unspecified atom stereocenters. The molecule has 0 bridgehead atoms. The highest BCUT2D eigenvalue weighted by Crippen LogP contribution is 2.23. The molecule has 0 atom stereocenters. The predicted octanol–water partition coefficient (Wildman–Crippen LogP) is 2.02. The Morgan fingerprint density at radius 2 is 1.69 bits per heavy atom. The van der Waals surface area contributed by atoms with Crippen LogP contribution in [-0.2, 0) is 9.84 Å². The molecule has 0 aromatic heterocycles. The first-order chi connectivity index (χ1) is 5.82. The lowest BCUT2D eigenvalue weighted by molar-refractivity contribution is 0.504. The molecule has 0 aliphatic heterocycles. The Kier molecular flexibility index (Phi) is 2.58. The molecule has 0 aliphatic rings. The number of hydrogen-bond donors (Lipinski definition) is 0. The average molecular weight is 227 g/mol. The maximum Gasteiger partial charge on any atom is 0.177 e. The zero-order valence-corrected chi connectivity index (χ0v) is 8.09. The minimum atomic E-state index is -3.61. The SMILES string of the molecule is CS(=O)(=O)c1cc(F)c(F)cc1Cl. The molecule has 72 valence electrons. The number of sulfone groups is 1. The minimum Gasteiger partial charge on any atom is -0.224 e. The largest absolute Gasteiger partial charge is 0.224 e. The van der Waals surface area contributed by atoms with E-state index in [0.717, 1.165) is 6.26 Å². The van der Waals surface area contributed by atoms with Gasteiger partial charge in [0.25, 0.3) is 0 Å². The average Bonchev–Trinajstić information content (AvgIpc) is 1.94. The third-order valence-corrected chi connectivity index (χ3v) is 2.94. The van der Waals surface area contributed by atoms with Gasteiger partial charge in [-0.2, -0.15) is 0 Å². The molecule has 0 spiro atoms. The summed E-state index contributed by atoms with van der Waals surface area (Å²) in [6, 6.07) is 1.19. The maximum absolute atomic E-state index is 12.6. The summed E-state index contributed by atoms with van der Waals surface area (Å²) in [5, 5.41) is -0.318. The Morgan fingerprint density at radius 1 is 1.23 bits per heavy atom. The highest BCUT2D eigenvalue weighted by Gasteiger charge is 2.15. The van der Waals surface area contributed by atoms with E-state index in [-0.39, 0.29) is 5.02 Å². The van der Waals surface area contributed by atoms with Crippen LogP contribution in [0.1, 0.15) is 0 Å². The quantitative estimate of drug-likeness (QED) is 0.542. The summed E-state index contributed by atoms with van der Waals surface area (Å²) in [4.78, 5) is -0.409. The van der Waals surface area contributed by atoms with Crippen molar-refractivity contribution in [3.8, 4) is 0 Å². The van der Waals surface area contributed by atoms with Crippen LogP contribution < -0.4 is 0 Å². The monoisotopic (exact) mass is 226 g/mol. The molecular weight excluding hydrogens is 222 g/mol. The van der Waals surface area contributed by atoms with E-state index in [0.29, 0.717) is 12.1 Å². The molecule has 0 saturated heterocycles. The summed E-state index contributed by atoms with van der Waals surface area (Å²) < 4.78 is 47.0. The van der Waals surface area contributed by atoms with E-state index in [4.69, 9.17) is 11.6 Å². The second-order valence-electron chi connectivity index (χ2n) is 2.47. The van der Waals surface area contributed by atoms with Crippen molar-refractivity contribution in [3.63, 3.8) is 0 Å². The van der Waals surface area contributed by atoms with Crippen molar-refractivity contribution >= 4 is 21.4 Å². The number of halogens is 3. The zero-order chi connectivity index (χ0) is 10.2. The van der Waals surface area contributed by atoms with Crippen molar-refractivity contribution in [3.05, 3.63) is 28.8 Å². The van der Waals surface area contributed by atoms with Crippen molar-refractivity contribution in [1.29, 1.82) is 0 Å². The van der Waals surface area contributed by atoms with Crippen LogP contribution in [0.15, 0.2) is 17.0 Å². The van der Waals surface area contributed by atoms with Crippen molar-refractivity contribution in [2.75, 3.05) is 6.26 Å². The molecule has 0 amide bonds. The molecule has 0 saturated carbocycles. The smallest absolute Gasteiger partial charge is 0.177 e. The number of rotatable bonds is 1. The van der Waals surface area contributed by atoms with Gasteiger partial charge < -0.3 is 0 Å². The van der Waals surface area contributed by atoms with Gasteiger partial charge in [-0.05, 0) is 12.1 Å². The highest BCUT2D eigenvalue weighted by atomic mass is 35.5. The second-order valence-corrected chi connectivity index (χ2v) is 4.86. The molecule has 0 radical (unpaired) electrons. The summed E-state index contributed by atoms with van der Waals surface area (Å²) in [7, 11) is -3.61. The van der Waals surface area contributed by atoms with Crippen LogP contribution in [0, 0.1) is 11.6 Å². The van der Waals surface area contributed by atoms with Gasteiger partial charge in [0, 0.05) is 6.26 Å². The summed E-state index contributed by atoms with van der Waals surface area (Å²) in [6.07, 6.45) is 0.867. The molecule has 0 N–H and O–H groups in total. The maximum atomic E-state index is 12.6. The zero-order valence-electron chi connectivity index (χ0n) is 6.51. The first-order valence-corrected chi connectivity index (χ1v) is 5.44. The third-order valence-electron chi connectivity index (χ3n) is 1.37. The highest BCUT2D eigenvalue weighted by molar-refractivity contribution is 7.90. The van der Waals surface area contributed by atoms with E-state index in [1.165, 1.54) is 0 Å². The van der Waals surface area contributed by atoms with Gasteiger partial charge in [-0.15, -0.1) is 0 Å². The van der Waals surface area contributed by atoms with E-state index in [1.54, 1.807) is 0 Å². The molecule has 2 nitrogen and oxygen atoms in total. The molecule has 0 fully saturated rings. The lowest BCUT2D eigenvalue weighted by Gasteiger charge is -2.01. The topological polar surface area (TPSA) is 34.1 Å². The fourth-order valence-corrected chi connectivity index (χ4v) is 2.09. The van der Waals surface area contributed by atoms with E-state index in [2.05, 4.69) is 0 Å². The minimum absolute atomic E-state index is 0.318. The standard InChI is InChI=1S/C7H5ClF2O2S/c1-13(11,12)7-3-6(10)5(9)2-4(7)8/h2-3H,1H3. The number of benzene rings is 1. The molecule has 6 heteroatoms. The third kappa shape index (κ3) is 2.16. The molecular formula is C7H5ClF2O2S. The first kappa shape index (κ1) is 10.4. The van der Waals surface area contributed by atoms with Crippen molar-refractivity contribution in [1.82, 2.24) is 0 Å². The van der Waals surface area contributed by atoms with Crippen LogP contribution in [0.2, 0.25) is 5.02 Å². The lowest BCUT2D eigenvalue weighted by Crippen LogP contribution is -2.00. The van der Waals surface area contributed by atoms with E-state index in [1.807, 2.05) is 0 Å². The lowest BCUT2D eigenvalue weighted by atomic mass is 10.3. The Labute approximate surface area is 79.1 Å². The normalized spacial score (nSPS) is 11.7. The summed E-state index contributed by atoms with van der Waals surface area (Å²) in [5.41, 5.74) is 0. The fraction of sp³-hybridized carbons (Fsp3) is 0.143. The van der Waals surface area contributed by atoms with Crippen LogP contribution in [0.4, 0.5) is 8.78 Å². The predicted molar refractivity (Wildman–Crippen MR) is 44.5 cm³/mol. The second kappa shape index (κ2) is 3.23. The van der Waals surface area contributed by atoms with Gasteiger partial charge >= 0.3 is 0 Å². The van der Waals surface area contributed by atoms with Gasteiger partial charge in [0.15, 0.2) is 21.5 Å². The Morgan fingerprint density at radius 3 is 2.15 bits per heavy atom. The van der Waals surface area contributed by atoms with Crippen molar-refractivity contribution in [2.45, 2.75) is 4.90 Å². The van der Waals surface area contributed by atoms with Crippen LogP contribution >= 0.6 is 11.6 Å². The van der Waals surface area contributed by atoms with E-state index < -0.39 is 26.4 Å². The van der Waals surface area contributed by atoms with Gasteiger partial charge in [-0.1, -0.05) is 11.6 Å². The molecule has 0 heterocycles. The van der Waals surface area contributed by atoms with Gasteiger partial charge in [0.1, 0.15) is 0 Å². The Bertz CT molecular complexity index is 442. The summed E-state index contributed by atoms with van der Waals surface area (Å²) in [5.74, 6) is -2.40. The van der Waals surface area contributed by atoms with Gasteiger partial charge in [0.05, 0.1) is 9.92 Å². The van der Waals surface area contributed by atoms with Crippen molar-refractivity contribution in [2.24, 2.45) is 0 Å². The van der Waals surface area contributed by atoms with Crippen LogP contribution in [-0.4, -0.2) is 14.7 Å². The van der Waals surface area contributed by atoms with Crippen molar-refractivity contribution < 1.29 is 17.2 Å². The van der Waals surface area contributed by atoms with E-state index >= 15 is 0 Å². The summed E-state index contributed by atoms with van der Waals surface area (Å²) >= 11 is 5.40. The van der Waals surface area contributed by atoms with Gasteiger partial charge in [0.2, 0.25) is 0 Å². The van der Waals surface area contributed by atoms with Crippen LogP contribution in [0.25, 0.3) is 0 Å².